The Morgan fingerprint density at radius 3 is 1.65 bits per heavy atom. The Labute approximate surface area is 145 Å². The third-order valence-corrected chi connectivity index (χ3v) is 3.24. The van der Waals surface area contributed by atoms with Crippen LogP contribution in [0.3, 0.4) is 0 Å². The highest BCUT2D eigenvalue weighted by Gasteiger charge is 2.58. The lowest BCUT2D eigenvalue weighted by atomic mass is 10.1. The number of alkyl halides is 8. The highest BCUT2D eigenvalue weighted by atomic mass is 79.9. The summed E-state index contributed by atoms with van der Waals surface area (Å²) in [5.41, 5.74) is -6.88. The molecule has 16 heteroatoms. The Morgan fingerprint density at radius 2 is 1.38 bits per heavy atom. The molecular weight excluding hydrogens is 453 g/mol. The van der Waals surface area contributed by atoms with Crippen molar-refractivity contribution >= 4 is 38.8 Å². The quantitative estimate of drug-likeness (QED) is 0.168. The maximum Gasteiger partial charge on any atom is 0.416 e. The minimum atomic E-state index is -5.32. The van der Waals surface area contributed by atoms with Crippen molar-refractivity contribution in [1.82, 2.24) is 0 Å². The standard InChI is InChI=1S/C10H4BrF7N4O4/c11-10(17,18)8(12,13)7(19)20-6-4(21(23)24)1-3(9(14,15)16)2-5(6)22(25)26/h1-2H,(H2,19,20). The number of nitrogens with one attached hydrogen (secondary N) is 2. The van der Waals surface area contributed by atoms with Crippen LogP contribution >= 0.6 is 15.9 Å². The van der Waals surface area contributed by atoms with Crippen LogP contribution in [0.25, 0.3) is 0 Å². The molecule has 0 aliphatic heterocycles. The summed E-state index contributed by atoms with van der Waals surface area (Å²) in [4.78, 5) is 13.5. The van der Waals surface area contributed by atoms with Gasteiger partial charge in [0.25, 0.3) is 11.4 Å². The number of benzene rings is 1. The average molecular weight is 457 g/mol. The summed E-state index contributed by atoms with van der Waals surface area (Å²) in [6.07, 6.45) is -5.27. The van der Waals surface area contributed by atoms with Crippen LogP contribution in [0.1, 0.15) is 5.56 Å². The normalized spacial score (nSPS) is 12.6. The number of hydrogen-bond acceptors (Lipinski definition) is 5. The van der Waals surface area contributed by atoms with E-state index >= 15 is 0 Å². The SMILES string of the molecule is N=C(Nc1c([N+](=O)[O-])cc(C(F)(F)F)cc1[N+](=O)[O-])C(F)(F)C(F)(F)Br. The smallest absolute Gasteiger partial charge is 0.328 e. The lowest BCUT2D eigenvalue weighted by molar-refractivity contribution is -0.392. The minimum absolute atomic E-state index is 0.229. The van der Waals surface area contributed by atoms with E-state index < -0.39 is 55.2 Å². The molecule has 1 aromatic carbocycles. The highest BCUT2D eigenvalue weighted by Crippen LogP contribution is 2.44. The first-order chi connectivity index (χ1) is 11.5. The van der Waals surface area contributed by atoms with E-state index in [-0.39, 0.29) is 12.1 Å². The van der Waals surface area contributed by atoms with Crippen LogP contribution < -0.4 is 5.32 Å². The van der Waals surface area contributed by atoms with Crippen molar-refractivity contribution < 1.29 is 40.6 Å². The Balaban J connectivity index is 3.63. The van der Waals surface area contributed by atoms with Gasteiger partial charge in [-0.2, -0.15) is 30.7 Å². The van der Waals surface area contributed by atoms with Crippen molar-refractivity contribution in [3.05, 3.63) is 37.9 Å². The van der Waals surface area contributed by atoms with Gasteiger partial charge >= 0.3 is 16.9 Å². The monoisotopic (exact) mass is 456 g/mol. The van der Waals surface area contributed by atoms with Crippen molar-refractivity contribution in [3.8, 4) is 0 Å². The molecule has 144 valence electrons. The largest absolute Gasteiger partial charge is 0.416 e. The van der Waals surface area contributed by atoms with Crippen LogP contribution in [0.15, 0.2) is 12.1 Å². The molecule has 1 rings (SSSR count). The number of halogens is 8. The van der Waals surface area contributed by atoms with Crippen LogP contribution in [0, 0.1) is 25.6 Å². The summed E-state index contributed by atoms with van der Waals surface area (Å²) >= 11 is 1.27. The van der Waals surface area contributed by atoms with Crippen LogP contribution in [-0.2, 0) is 6.18 Å². The fourth-order valence-electron chi connectivity index (χ4n) is 1.54. The molecule has 0 saturated carbocycles. The third-order valence-electron chi connectivity index (χ3n) is 2.74. The molecule has 0 saturated heterocycles. The van der Waals surface area contributed by atoms with Crippen LogP contribution in [0.2, 0.25) is 0 Å². The molecule has 8 nitrogen and oxygen atoms in total. The maximum atomic E-state index is 13.3. The van der Waals surface area contributed by atoms with Gasteiger partial charge in [0.05, 0.1) is 15.4 Å². The van der Waals surface area contributed by atoms with E-state index in [4.69, 9.17) is 5.41 Å². The van der Waals surface area contributed by atoms with Crippen molar-refractivity contribution in [2.75, 3.05) is 5.32 Å². The average Bonchev–Trinajstić information content (AvgIpc) is 2.44. The fraction of sp³-hybridized carbons (Fsp3) is 0.300. The summed E-state index contributed by atoms with van der Waals surface area (Å²) in [7, 11) is 0. The number of nitrogens with zero attached hydrogens (tertiary/aromatic N) is 2. The third kappa shape index (κ3) is 4.17. The summed E-state index contributed by atoms with van der Waals surface area (Å²) < 4.78 is 90.2. The van der Waals surface area contributed by atoms with E-state index in [2.05, 4.69) is 0 Å². The first-order valence-electron chi connectivity index (χ1n) is 5.84. The van der Waals surface area contributed by atoms with Gasteiger partial charge < -0.3 is 5.32 Å². The van der Waals surface area contributed by atoms with Crippen molar-refractivity contribution in [2.24, 2.45) is 0 Å². The van der Waals surface area contributed by atoms with Crippen molar-refractivity contribution in [2.45, 2.75) is 16.9 Å². The first kappa shape index (κ1) is 21.5. The van der Waals surface area contributed by atoms with Gasteiger partial charge in [0.2, 0.25) is 0 Å². The van der Waals surface area contributed by atoms with Gasteiger partial charge in [0.15, 0.2) is 11.5 Å². The molecule has 0 fully saturated rings. The van der Waals surface area contributed by atoms with Gasteiger partial charge in [-0.15, -0.1) is 0 Å². The lowest BCUT2D eigenvalue weighted by Gasteiger charge is -2.22. The summed E-state index contributed by atoms with van der Waals surface area (Å²) in [6.45, 7) is 0. The minimum Gasteiger partial charge on any atom is -0.328 e. The van der Waals surface area contributed by atoms with E-state index in [0.717, 1.165) is 5.32 Å². The molecule has 0 spiro atoms. The second-order valence-corrected chi connectivity index (χ2v) is 5.47. The molecule has 2 N–H and O–H groups in total. The lowest BCUT2D eigenvalue weighted by Crippen LogP contribution is -2.46. The Kier molecular flexibility index (Phi) is 5.51. The van der Waals surface area contributed by atoms with E-state index in [0.29, 0.717) is 0 Å². The summed E-state index contributed by atoms with van der Waals surface area (Å²) in [5.74, 6) is -7.75. The Morgan fingerprint density at radius 1 is 1.00 bits per heavy atom. The molecule has 0 amide bonds. The second kappa shape index (κ2) is 6.65. The van der Waals surface area contributed by atoms with E-state index in [1.54, 1.807) is 0 Å². The number of amidine groups is 1. The fourth-order valence-corrected chi connectivity index (χ4v) is 1.74. The summed E-state index contributed by atoms with van der Waals surface area (Å²) in [6, 6.07) is -0.458. The topological polar surface area (TPSA) is 122 Å². The zero-order chi connectivity index (χ0) is 20.7. The number of rotatable bonds is 5. The van der Waals surface area contributed by atoms with Gasteiger partial charge in [-0.05, 0) is 15.9 Å². The molecule has 0 radical (unpaired) electrons. The van der Waals surface area contributed by atoms with Gasteiger partial charge in [-0.1, -0.05) is 0 Å². The molecule has 0 atom stereocenters. The van der Waals surface area contributed by atoms with Gasteiger partial charge in [-0.3, -0.25) is 25.6 Å². The van der Waals surface area contributed by atoms with Crippen molar-refractivity contribution in [3.63, 3.8) is 0 Å². The van der Waals surface area contributed by atoms with Crippen molar-refractivity contribution in [1.29, 1.82) is 5.41 Å². The molecule has 26 heavy (non-hydrogen) atoms. The zero-order valence-corrected chi connectivity index (χ0v) is 13.3. The van der Waals surface area contributed by atoms with E-state index in [1.165, 1.54) is 15.9 Å². The van der Waals surface area contributed by atoms with Gasteiger partial charge in [-0.25, -0.2) is 0 Å². The van der Waals surface area contributed by atoms with E-state index in [1.807, 2.05) is 0 Å². The first-order valence-corrected chi connectivity index (χ1v) is 6.64. The predicted octanol–water partition coefficient (Wildman–Crippen LogP) is 4.53. The number of anilines is 1. The molecule has 0 unspecified atom stereocenters. The Bertz CT molecular complexity index is 743. The Hall–Kier alpha value is -2.52. The maximum absolute atomic E-state index is 13.3. The molecule has 1 aromatic rings. The molecule has 0 heterocycles. The predicted molar refractivity (Wildman–Crippen MR) is 74.9 cm³/mol. The van der Waals surface area contributed by atoms with Crippen LogP contribution in [0.4, 0.5) is 47.8 Å². The van der Waals surface area contributed by atoms with Gasteiger partial charge in [0, 0.05) is 12.1 Å². The molecule has 0 aliphatic rings. The number of nitro groups is 2. The zero-order valence-electron chi connectivity index (χ0n) is 11.7. The summed E-state index contributed by atoms with van der Waals surface area (Å²) in [5, 5.41) is 29.7. The van der Waals surface area contributed by atoms with E-state index in [9.17, 15) is 51.0 Å². The molecule has 0 aliphatic carbocycles. The molecule has 0 aromatic heterocycles. The number of nitro benzene ring substituents is 2. The number of hydrogen-bond donors (Lipinski definition) is 2. The van der Waals surface area contributed by atoms with Gasteiger partial charge in [0.1, 0.15) is 0 Å². The second-order valence-electron chi connectivity index (χ2n) is 4.47. The molecular formula is C10H4BrF7N4O4. The van der Waals surface area contributed by atoms with Crippen LogP contribution in [0.5, 0.6) is 0 Å². The van der Waals surface area contributed by atoms with Crippen LogP contribution in [-0.4, -0.2) is 26.4 Å². The highest BCUT2D eigenvalue weighted by molar-refractivity contribution is 9.10. The molecule has 0 bridgehead atoms.